The fourth-order valence-electron chi connectivity index (χ4n) is 3.51. The molecule has 0 bridgehead atoms. The van der Waals surface area contributed by atoms with Gasteiger partial charge in [0.1, 0.15) is 32.6 Å². The third-order valence-corrected chi connectivity index (χ3v) is 10.5. The van der Waals surface area contributed by atoms with Gasteiger partial charge in [0.05, 0.1) is 12.4 Å². The van der Waals surface area contributed by atoms with E-state index < -0.39 is 14.3 Å². The van der Waals surface area contributed by atoms with Gasteiger partial charge in [-0.3, -0.25) is 24.9 Å². The van der Waals surface area contributed by atoms with Crippen molar-refractivity contribution in [3.05, 3.63) is 110 Å². The van der Waals surface area contributed by atoms with Crippen LogP contribution in [0.3, 0.4) is 0 Å². The van der Waals surface area contributed by atoms with Crippen molar-refractivity contribution < 1.29 is 9.13 Å². The largest absolute Gasteiger partial charge is 0.304 e. The predicted octanol–water partition coefficient (Wildman–Crippen LogP) is 1.34. The Labute approximate surface area is 196 Å². The molecule has 0 aliphatic rings. The lowest BCUT2D eigenvalue weighted by molar-refractivity contribution is 0.590. The Hall–Kier alpha value is -3.86. The zero-order chi connectivity index (χ0) is 23.4. The Morgan fingerprint density at radius 1 is 0.441 bits per heavy atom. The molecule has 0 aromatic carbocycles. The maximum Gasteiger partial charge on any atom is 0.225 e. The number of rotatable bonds is 6. The van der Waals surface area contributed by atoms with Gasteiger partial charge < -0.3 is 9.13 Å². The molecule has 0 atom stereocenters. The van der Waals surface area contributed by atoms with E-state index in [1.807, 2.05) is 0 Å². The standard InChI is InChI=1S/C24H18N6O2P2/c31-33(19-9-1-5-13-26-19,20-10-2-6-14-27-20)23-17-25-18-24(30-23)34(32,21-11-3-7-15-28-21)22-12-4-8-16-29-22/h1-18H. The monoisotopic (exact) mass is 484 g/mol. The van der Waals surface area contributed by atoms with Crippen LogP contribution in [0.2, 0.25) is 0 Å². The van der Waals surface area contributed by atoms with Crippen molar-refractivity contribution in [2.75, 3.05) is 0 Å². The van der Waals surface area contributed by atoms with Crippen LogP contribution < -0.4 is 32.6 Å². The zero-order valence-corrected chi connectivity index (χ0v) is 19.6. The van der Waals surface area contributed by atoms with E-state index in [0.717, 1.165) is 0 Å². The summed E-state index contributed by atoms with van der Waals surface area (Å²) in [7, 11) is -7.23. The molecule has 34 heavy (non-hydrogen) atoms. The van der Waals surface area contributed by atoms with Crippen LogP contribution in [0.15, 0.2) is 110 Å². The lowest BCUT2D eigenvalue weighted by Gasteiger charge is -2.20. The van der Waals surface area contributed by atoms with Crippen molar-refractivity contribution in [3.8, 4) is 0 Å². The van der Waals surface area contributed by atoms with E-state index in [9.17, 15) is 9.13 Å². The molecule has 5 rings (SSSR count). The van der Waals surface area contributed by atoms with Gasteiger partial charge in [0, 0.05) is 24.8 Å². The summed E-state index contributed by atoms with van der Waals surface area (Å²) in [5.74, 6) is 0. The van der Waals surface area contributed by atoms with Gasteiger partial charge in [-0.15, -0.1) is 0 Å². The van der Waals surface area contributed by atoms with Crippen LogP contribution in [0, 0.1) is 0 Å². The van der Waals surface area contributed by atoms with Gasteiger partial charge in [-0.05, 0) is 48.5 Å². The smallest absolute Gasteiger partial charge is 0.225 e. The average Bonchev–Trinajstić information content (AvgIpc) is 2.94. The van der Waals surface area contributed by atoms with Crippen LogP contribution in [0.4, 0.5) is 0 Å². The molecule has 10 heteroatoms. The molecular formula is C24H18N6O2P2. The van der Waals surface area contributed by atoms with Crippen LogP contribution in [-0.2, 0) is 9.13 Å². The van der Waals surface area contributed by atoms with Gasteiger partial charge in [0.2, 0.25) is 14.3 Å². The Balaban J connectivity index is 1.76. The van der Waals surface area contributed by atoms with Gasteiger partial charge in [-0.2, -0.15) is 0 Å². The van der Waals surface area contributed by atoms with Crippen molar-refractivity contribution in [2.24, 2.45) is 0 Å². The Bertz CT molecular complexity index is 1310. The van der Waals surface area contributed by atoms with Crippen LogP contribution in [0.1, 0.15) is 0 Å². The highest BCUT2D eigenvalue weighted by molar-refractivity contribution is 7.85. The number of hydrogen-bond acceptors (Lipinski definition) is 8. The third kappa shape index (κ3) is 3.77. The highest BCUT2D eigenvalue weighted by Crippen LogP contribution is 2.42. The van der Waals surface area contributed by atoms with E-state index in [2.05, 4.69) is 29.9 Å². The quantitative estimate of drug-likeness (QED) is 0.332. The minimum absolute atomic E-state index is 0.134. The topological polar surface area (TPSA) is 111 Å². The fourth-order valence-corrected chi connectivity index (χ4v) is 8.06. The second-order valence-electron chi connectivity index (χ2n) is 7.21. The second kappa shape index (κ2) is 9.18. The summed E-state index contributed by atoms with van der Waals surface area (Å²) in [6, 6.07) is 20.6. The highest BCUT2D eigenvalue weighted by Gasteiger charge is 2.39. The van der Waals surface area contributed by atoms with Gasteiger partial charge in [-0.25, -0.2) is 4.98 Å². The summed E-state index contributed by atoms with van der Waals surface area (Å²) in [4.78, 5) is 26.4. The first kappa shape index (κ1) is 22.0. The zero-order valence-electron chi connectivity index (χ0n) is 17.8. The van der Waals surface area contributed by atoms with E-state index in [4.69, 9.17) is 0 Å². The molecule has 8 nitrogen and oxygen atoms in total. The van der Waals surface area contributed by atoms with Crippen molar-refractivity contribution in [3.63, 3.8) is 0 Å². The minimum Gasteiger partial charge on any atom is -0.304 e. The molecule has 0 N–H and O–H groups in total. The molecule has 5 heterocycles. The van der Waals surface area contributed by atoms with Crippen LogP contribution in [0.5, 0.6) is 0 Å². The molecule has 5 aromatic heterocycles. The molecule has 5 aromatic rings. The molecule has 0 amide bonds. The molecule has 166 valence electrons. The van der Waals surface area contributed by atoms with Gasteiger partial charge in [0.15, 0.2) is 0 Å². The van der Waals surface area contributed by atoms with Crippen LogP contribution in [0.25, 0.3) is 0 Å². The van der Waals surface area contributed by atoms with Crippen molar-refractivity contribution in [2.45, 2.75) is 0 Å². The lowest BCUT2D eigenvalue weighted by Crippen LogP contribution is -2.36. The Morgan fingerprint density at radius 2 is 0.765 bits per heavy atom. The third-order valence-electron chi connectivity index (χ3n) is 5.14. The lowest BCUT2D eigenvalue weighted by atomic mass is 10.5. The van der Waals surface area contributed by atoms with E-state index in [1.165, 1.54) is 12.4 Å². The van der Waals surface area contributed by atoms with Gasteiger partial charge >= 0.3 is 0 Å². The summed E-state index contributed by atoms with van der Waals surface area (Å²) < 4.78 is 29.2. The number of nitrogens with zero attached hydrogens (tertiary/aromatic N) is 6. The number of aromatic nitrogens is 6. The van der Waals surface area contributed by atoms with E-state index >= 15 is 0 Å². The van der Waals surface area contributed by atoms with Crippen LogP contribution >= 0.6 is 14.3 Å². The minimum atomic E-state index is -3.61. The first-order valence-electron chi connectivity index (χ1n) is 10.3. The Kier molecular flexibility index (Phi) is 5.93. The van der Waals surface area contributed by atoms with Gasteiger partial charge in [0.25, 0.3) is 0 Å². The molecular weight excluding hydrogens is 466 g/mol. The molecule has 0 saturated carbocycles. The number of pyridine rings is 4. The normalized spacial score (nSPS) is 11.8. The van der Waals surface area contributed by atoms with Crippen LogP contribution in [-0.4, -0.2) is 29.9 Å². The van der Waals surface area contributed by atoms with Crippen molar-refractivity contribution in [1.29, 1.82) is 0 Å². The van der Waals surface area contributed by atoms with Crippen molar-refractivity contribution >= 4 is 46.9 Å². The molecule has 0 unspecified atom stereocenters. The summed E-state index contributed by atoms with van der Waals surface area (Å²) in [6.45, 7) is 0. The summed E-state index contributed by atoms with van der Waals surface area (Å²) in [5.41, 5.74) is 1.51. The highest BCUT2D eigenvalue weighted by atomic mass is 31.2. The summed E-state index contributed by atoms with van der Waals surface area (Å²) in [6.07, 6.45) is 9.08. The number of hydrogen-bond donors (Lipinski definition) is 0. The Morgan fingerprint density at radius 3 is 1.03 bits per heavy atom. The van der Waals surface area contributed by atoms with E-state index in [-0.39, 0.29) is 10.9 Å². The predicted molar refractivity (Wildman–Crippen MR) is 132 cm³/mol. The fraction of sp³-hybridized carbons (Fsp3) is 0. The van der Waals surface area contributed by atoms with Crippen molar-refractivity contribution in [1.82, 2.24) is 29.9 Å². The first-order chi connectivity index (χ1) is 16.6. The van der Waals surface area contributed by atoms with E-state index in [0.29, 0.717) is 21.7 Å². The van der Waals surface area contributed by atoms with E-state index in [1.54, 1.807) is 97.6 Å². The molecule has 0 aliphatic heterocycles. The van der Waals surface area contributed by atoms with Gasteiger partial charge in [-0.1, -0.05) is 24.3 Å². The first-order valence-corrected chi connectivity index (χ1v) is 13.7. The maximum absolute atomic E-state index is 14.6. The molecule has 0 aliphatic carbocycles. The molecule has 0 spiro atoms. The molecule has 0 fully saturated rings. The second-order valence-corrected chi connectivity index (χ2v) is 12.4. The molecule has 0 saturated heterocycles. The average molecular weight is 484 g/mol. The summed E-state index contributed by atoms with van der Waals surface area (Å²) >= 11 is 0. The maximum atomic E-state index is 14.6. The summed E-state index contributed by atoms with van der Waals surface area (Å²) in [5, 5.41) is 0. The SMILES string of the molecule is O=P(c1ccccn1)(c1ccccn1)c1cncc(P(=O)(c2ccccn2)c2ccccn2)n1. The molecule has 0 radical (unpaired) electrons.